The Labute approximate surface area is 116 Å². The summed E-state index contributed by atoms with van der Waals surface area (Å²) in [4.78, 5) is 0. The van der Waals surface area contributed by atoms with Crippen LogP contribution in [0.25, 0.3) is 0 Å². The first-order valence-electron chi connectivity index (χ1n) is 7.14. The van der Waals surface area contributed by atoms with Crippen LogP contribution in [0.1, 0.15) is 39.1 Å². The SMILES string of the molecule is CCOC(C(C)C)C(Cc1cc(C)nn1CC)NN. The molecular formula is C14H28N4O. The van der Waals surface area contributed by atoms with E-state index in [9.17, 15) is 0 Å². The van der Waals surface area contributed by atoms with Crippen molar-refractivity contribution >= 4 is 0 Å². The van der Waals surface area contributed by atoms with Gasteiger partial charge in [0.1, 0.15) is 0 Å². The second-order valence-corrected chi connectivity index (χ2v) is 5.23. The molecule has 2 unspecified atom stereocenters. The fourth-order valence-electron chi connectivity index (χ4n) is 2.50. The van der Waals surface area contributed by atoms with E-state index < -0.39 is 0 Å². The summed E-state index contributed by atoms with van der Waals surface area (Å²) in [5.41, 5.74) is 5.16. The van der Waals surface area contributed by atoms with Crippen LogP contribution in [0.4, 0.5) is 0 Å². The van der Waals surface area contributed by atoms with E-state index in [1.807, 2.05) is 18.5 Å². The van der Waals surface area contributed by atoms with Gasteiger partial charge in [-0.2, -0.15) is 5.10 Å². The summed E-state index contributed by atoms with van der Waals surface area (Å²) in [5, 5.41) is 4.47. The van der Waals surface area contributed by atoms with Gasteiger partial charge in [0.05, 0.1) is 17.8 Å². The second-order valence-electron chi connectivity index (χ2n) is 5.23. The monoisotopic (exact) mass is 268 g/mol. The summed E-state index contributed by atoms with van der Waals surface area (Å²) in [5.74, 6) is 6.14. The normalized spacial score (nSPS) is 14.9. The van der Waals surface area contributed by atoms with Crippen LogP contribution < -0.4 is 11.3 Å². The average molecular weight is 268 g/mol. The van der Waals surface area contributed by atoms with Gasteiger partial charge in [-0.1, -0.05) is 13.8 Å². The number of nitrogens with two attached hydrogens (primary N) is 1. The van der Waals surface area contributed by atoms with E-state index >= 15 is 0 Å². The molecule has 0 aromatic carbocycles. The van der Waals surface area contributed by atoms with Gasteiger partial charge in [-0.3, -0.25) is 16.0 Å². The number of ether oxygens (including phenoxy) is 1. The molecule has 0 aliphatic rings. The zero-order valence-electron chi connectivity index (χ0n) is 12.8. The summed E-state index contributed by atoms with van der Waals surface area (Å²) in [6.45, 7) is 12.0. The molecule has 1 aromatic rings. The van der Waals surface area contributed by atoms with E-state index in [2.05, 4.69) is 37.4 Å². The van der Waals surface area contributed by atoms with Gasteiger partial charge in [0, 0.05) is 25.3 Å². The van der Waals surface area contributed by atoms with Crippen molar-refractivity contribution in [1.82, 2.24) is 15.2 Å². The smallest absolute Gasteiger partial charge is 0.0767 e. The molecule has 0 bridgehead atoms. The molecule has 0 fully saturated rings. The lowest BCUT2D eigenvalue weighted by Gasteiger charge is -2.29. The van der Waals surface area contributed by atoms with Crippen molar-refractivity contribution in [3.05, 3.63) is 17.5 Å². The Kier molecular flexibility index (Phi) is 6.48. The highest BCUT2D eigenvalue weighted by molar-refractivity contribution is 5.11. The first-order valence-corrected chi connectivity index (χ1v) is 7.14. The Hall–Kier alpha value is -0.910. The molecule has 0 saturated carbocycles. The van der Waals surface area contributed by atoms with Gasteiger partial charge >= 0.3 is 0 Å². The van der Waals surface area contributed by atoms with E-state index in [1.54, 1.807) is 0 Å². The van der Waals surface area contributed by atoms with Gasteiger partial charge in [0.2, 0.25) is 0 Å². The Bertz CT molecular complexity index is 376. The molecule has 5 nitrogen and oxygen atoms in total. The molecule has 0 amide bonds. The molecule has 2 atom stereocenters. The van der Waals surface area contributed by atoms with E-state index in [4.69, 9.17) is 10.6 Å². The van der Waals surface area contributed by atoms with Crippen molar-refractivity contribution in [2.24, 2.45) is 11.8 Å². The third kappa shape index (κ3) is 4.30. The molecule has 0 spiro atoms. The van der Waals surface area contributed by atoms with Gasteiger partial charge in [-0.05, 0) is 32.8 Å². The minimum atomic E-state index is 0.0985. The Balaban J connectivity index is 2.84. The summed E-state index contributed by atoms with van der Waals surface area (Å²) < 4.78 is 7.87. The van der Waals surface area contributed by atoms with E-state index in [0.717, 1.165) is 18.7 Å². The van der Waals surface area contributed by atoms with Crippen LogP contribution in [0, 0.1) is 12.8 Å². The Morgan fingerprint density at radius 2 is 2.11 bits per heavy atom. The fourth-order valence-corrected chi connectivity index (χ4v) is 2.50. The number of aromatic nitrogens is 2. The third-order valence-electron chi connectivity index (χ3n) is 3.34. The quantitative estimate of drug-likeness (QED) is 0.556. The number of nitrogens with zero attached hydrogens (tertiary/aromatic N) is 2. The minimum Gasteiger partial charge on any atom is -0.377 e. The summed E-state index contributed by atoms with van der Waals surface area (Å²) >= 11 is 0. The topological polar surface area (TPSA) is 65.1 Å². The lowest BCUT2D eigenvalue weighted by molar-refractivity contribution is 0.00312. The van der Waals surface area contributed by atoms with Crippen LogP contribution >= 0.6 is 0 Å². The predicted molar refractivity (Wildman–Crippen MR) is 77.7 cm³/mol. The maximum atomic E-state index is 5.84. The molecule has 19 heavy (non-hydrogen) atoms. The third-order valence-corrected chi connectivity index (χ3v) is 3.34. The first kappa shape index (κ1) is 16.1. The Morgan fingerprint density at radius 3 is 2.58 bits per heavy atom. The van der Waals surface area contributed by atoms with Crippen molar-refractivity contribution in [3.8, 4) is 0 Å². The Morgan fingerprint density at radius 1 is 1.42 bits per heavy atom. The number of nitrogens with one attached hydrogen (secondary N) is 1. The van der Waals surface area contributed by atoms with Crippen LogP contribution in [-0.2, 0) is 17.7 Å². The average Bonchev–Trinajstić information content (AvgIpc) is 2.73. The molecule has 0 saturated heterocycles. The van der Waals surface area contributed by atoms with Gasteiger partial charge < -0.3 is 4.74 Å². The van der Waals surface area contributed by atoms with Crippen LogP contribution in [0.3, 0.4) is 0 Å². The summed E-state index contributed by atoms with van der Waals surface area (Å²) in [6, 6.07) is 2.22. The van der Waals surface area contributed by atoms with Crippen molar-refractivity contribution in [1.29, 1.82) is 0 Å². The molecule has 0 radical (unpaired) electrons. The highest BCUT2D eigenvalue weighted by atomic mass is 16.5. The van der Waals surface area contributed by atoms with E-state index in [-0.39, 0.29) is 12.1 Å². The van der Waals surface area contributed by atoms with E-state index in [1.165, 1.54) is 5.69 Å². The summed E-state index contributed by atoms with van der Waals surface area (Å²) in [6.07, 6.45) is 0.934. The second kappa shape index (κ2) is 7.62. The van der Waals surface area contributed by atoms with Crippen molar-refractivity contribution in [2.45, 2.75) is 59.7 Å². The van der Waals surface area contributed by atoms with Gasteiger partial charge in [-0.25, -0.2) is 0 Å². The zero-order valence-corrected chi connectivity index (χ0v) is 12.8. The van der Waals surface area contributed by atoms with Crippen molar-refractivity contribution in [2.75, 3.05) is 6.61 Å². The summed E-state index contributed by atoms with van der Waals surface area (Å²) in [7, 11) is 0. The minimum absolute atomic E-state index is 0.0985. The standard InChI is InChI=1S/C14H28N4O/c1-6-18-12(8-11(5)17-18)9-13(16-15)14(10(3)4)19-7-2/h8,10,13-14,16H,6-7,9,15H2,1-5H3. The lowest BCUT2D eigenvalue weighted by atomic mass is 9.96. The van der Waals surface area contributed by atoms with Gasteiger partial charge in [-0.15, -0.1) is 0 Å². The first-order chi connectivity index (χ1) is 9.03. The number of hydrogen-bond acceptors (Lipinski definition) is 4. The number of hydrazine groups is 1. The van der Waals surface area contributed by atoms with Gasteiger partial charge in [0.25, 0.3) is 0 Å². The largest absolute Gasteiger partial charge is 0.377 e. The zero-order chi connectivity index (χ0) is 14.4. The number of hydrogen-bond donors (Lipinski definition) is 2. The molecule has 0 aliphatic heterocycles. The van der Waals surface area contributed by atoms with Crippen molar-refractivity contribution in [3.63, 3.8) is 0 Å². The van der Waals surface area contributed by atoms with Crippen LogP contribution in [0.2, 0.25) is 0 Å². The highest BCUT2D eigenvalue weighted by Crippen LogP contribution is 2.16. The fraction of sp³-hybridized carbons (Fsp3) is 0.786. The molecular weight excluding hydrogens is 240 g/mol. The van der Waals surface area contributed by atoms with Crippen LogP contribution in [0.15, 0.2) is 6.07 Å². The molecule has 1 rings (SSSR count). The van der Waals surface area contributed by atoms with Crippen molar-refractivity contribution < 1.29 is 4.74 Å². The van der Waals surface area contributed by atoms with Gasteiger partial charge in [0.15, 0.2) is 0 Å². The number of rotatable bonds is 8. The maximum absolute atomic E-state index is 5.84. The molecule has 1 heterocycles. The molecule has 5 heteroatoms. The van der Waals surface area contributed by atoms with E-state index in [0.29, 0.717) is 12.5 Å². The van der Waals surface area contributed by atoms with Crippen LogP contribution in [0.5, 0.6) is 0 Å². The number of aryl methyl sites for hydroxylation is 2. The molecule has 3 N–H and O–H groups in total. The predicted octanol–water partition coefficient (Wildman–Crippen LogP) is 1.65. The van der Waals surface area contributed by atoms with Crippen LogP contribution in [-0.4, -0.2) is 28.5 Å². The molecule has 0 aliphatic carbocycles. The molecule has 1 aromatic heterocycles. The lowest BCUT2D eigenvalue weighted by Crippen LogP contribution is -2.49. The maximum Gasteiger partial charge on any atom is 0.0767 e. The highest BCUT2D eigenvalue weighted by Gasteiger charge is 2.25. The molecule has 110 valence electrons.